The largest absolute Gasteiger partial charge is 0.310 e. The maximum absolute atomic E-state index is 11.8. The number of aryl methyl sites for hydroxylation is 1. The van der Waals surface area contributed by atoms with Gasteiger partial charge in [0.2, 0.25) is 0 Å². The van der Waals surface area contributed by atoms with Crippen molar-refractivity contribution < 1.29 is 4.79 Å². The molecule has 1 N–H and O–H groups in total. The van der Waals surface area contributed by atoms with Crippen molar-refractivity contribution >= 4 is 5.78 Å². The van der Waals surface area contributed by atoms with Crippen LogP contribution in [0.2, 0.25) is 0 Å². The normalized spacial score (nSPS) is 10.4. The van der Waals surface area contributed by atoms with E-state index in [0.29, 0.717) is 13.0 Å². The summed E-state index contributed by atoms with van der Waals surface area (Å²) in [5.41, 5.74) is 2.53. The minimum absolute atomic E-state index is 0.280. The van der Waals surface area contributed by atoms with Crippen LogP contribution in [0.5, 0.6) is 0 Å². The molecule has 2 nitrogen and oxygen atoms in total. The van der Waals surface area contributed by atoms with Gasteiger partial charge in [-0.05, 0) is 30.5 Å². The number of rotatable bonds is 8. The molecular formula is C18H21NO. The number of hydrogen-bond donors (Lipinski definition) is 1. The van der Waals surface area contributed by atoms with Crippen molar-refractivity contribution in [1.82, 2.24) is 5.32 Å². The fourth-order valence-electron chi connectivity index (χ4n) is 2.12. The van der Waals surface area contributed by atoms with Gasteiger partial charge in [0.1, 0.15) is 5.78 Å². The Morgan fingerprint density at radius 3 is 1.95 bits per heavy atom. The van der Waals surface area contributed by atoms with Crippen molar-refractivity contribution in [2.75, 3.05) is 13.1 Å². The lowest BCUT2D eigenvalue weighted by Crippen LogP contribution is -2.25. The predicted molar refractivity (Wildman–Crippen MR) is 82.8 cm³/mol. The molecule has 0 saturated heterocycles. The van der Waals surface area contributed by atoms with Crippen LogP contribution >= 0.6 is 0 Å². The van der Waals surface area contributed by atoms with Crippen LogP contribution < -0.4 is 5.32 Å². The summed E-state index contributed by atoms with van der Waals surface area (Å²) in [5, 5.41) is 3.22. The minimum atomic E-state index is 0.280. The smallest absolute Gasteiger partial charge is 0.146 e. The van der Waals surface area contributed by atoms with E-state index in [9.17, 15) is 4.79 Å². The Labute approximate surface area is 120 Å². The van der Waals surface area contributed by atoms with E-state index < -0.39 is 0 Å². The van der Waals surface area contributed by atoms with Crippen molar-refractivity contribution in [3.63, 3.8) is 0 Å². The summed E-state index contributed by atoms with van der Waals surface area (Å²) in [6.45, 7) is 1.32. The first kappa shape index (κ1) is 14.5. The molecular weight excluding hydrogens is 246 g/mol. The fraction of sp³-hybridized carbons (Fsp3) is 0.278. The van der Waals surface area contributed by atoms with Gasteiger partial charge in [-0.1, -0.05) is 60.7 Å². The van der Waals surface area contributed by atoms with Gasteiger partial charge in [0.05, 0.1) is 6.54 Å². The van der Waals surface area contributed by atoms with Crippen LogP contribution in [0.15, 0.2) is 60.7 Å². The lowest BCUT2D eigenvalue weighted by molar-refractivity contribution is -0.118. The molecule has 0 aliphatic rings. The van der Waals surface area contributed by atoms with E-state index >= 15 is 0 Å². The van der Waals surface area contributed by atoms with Crippen molar-refractivity contribution in [3.8, 4) is 0 Å². The third-order valence-corrected chi connectivity index (χ3v) is 3.29. The summed E-state index contributed by atoms with van der Waals surface area (Å²) in [5.74, 6) is 0.280. The van der Waals surface area contributed by atoms with Crippen molar-refractivity contribution in [3.05, 3.63) is 71.8 Å². The van der Waals surface area contributed by atoms with Gasteiger partial charge in [0.15, 0.2) is 0 Å². The molecule has 2 heteroatoms. The Balaban J connectivity index is 1.59. The molecule has 0 spiro atoms. The van der Waals surface area contributed by atoms with Crippen LogP contribution in [0.3, 0.4) is 0 Å². The summed E-state index contributed by atoms with van der Waals surface area (Å²) in [4.78, 5) is 11.8. The van der Waals surface area contributed by atoms with Gasteiger partial charge in [-0.25, -0.2) is 0 Å². The summed E-state index contributed by atoms with van der Waals surface area (Å²) < 4.78 is 0. The molecule has 104 valence electrons. The number of nitrogens with one attached hydrogen (secondary N) is 1. The van der Waals surface area contributed by atoms with Gasteiger partial charge in [0, 0.05) is 6.42 Å². The van der Waals surface area contributed by atoms with E-state index in [4.69, 9.17) is 0 Å². The van der Waals surface area contributed by atoms with E-state index in [1.165, 1.54) is 11.1 Å². The van der Waals surface area contributed by atoms with Gasteiger partial charge in [0.25, 0.3) is 0 Å². The van der Waals surface area contributed by atoms with E-state index in [0.717, 1.165) is 19.4 Å². The highest BCUT2D eigenvalue weighted by atomic mass is 16.1. The zero-order valence-corrected chi connectivity index (χ0v) is 11.7. The quantitative estimate of drug-likeness (QED) is 0.745. The van der Waals surface area contributed by atoms with Crippen molar-refractivity contribution in [2.45, 2.75) is 19.3 Å². The van der Waals surface area contributed by atoms with E-state index in [1.54, 1.807) is 0 Å². The third-order valence-electron chi connectivity index (χ3n) is 3.29. The van der Waals surface area contributed by atoms with Gasteiger partial charge in [-0.3, -0.25) is 4.79 Å². The zero-order chi connectivity index (χ0) is 14.0. The van der Waals surface area contributed by atoms with E-state index in [1.807, 2.05) is 36.4 Å². The molecule has 0 heterocycles. The number of carbonyl (C=O) groups is 1. The molecule has 0 bridgehead atoms. The predicted octanol–water partition coefficient (Wildman–Crippen LogP) is 3.02. The molecule has 0 fully saturated rings. The third kappa shape index (κ3) is 5.37. The van der Waals surface area contributed by atoms with Crippen LogP contribution in [0.1, 0.15) is 17.5 Å². The number of carbonyl (C=O) groups excluding carboxylic acids is 1. The summed E-state index contributed by atoms with van der Waals surface area (Å²) in [6.07, 6.45) is 2.41. The monoisotopic (exact) mass is 267 g/mol. The molecule has 0 aliphatic heterocycles. The Kier molecular flexibility index (Phi) is 6.00. The van der Waals surface area contributed by atoms with Gasteiger partial charge >= 0.3 is 0 Å². The first-order valence-electron chi connectivity index (χ1n) is 7.15. The number of hydrogen-bond acceptors (Lipinski definition) is 2. The highest BCUT2D eigenvalue weighted by molar-refractivity contribution is 5.80. The second kappa shape index (κ2) is 8.28. The maximum atomic E-state index is 11.8. The lowest BCUT2D eigenvalue weighted by Gasteiger charge is -2.05. The summed E-state index contributed by atoms with van der Waals surface area (Å²) >= 11 is 0. The number of ketones is 1. The van der Waals surface area contributed by atoms with E-state index in [2.05, 4.69) is 29.6 Å². The second-order valence-electron chi connectivity index (χ2n) is 4.94. The minimum Gasteiger partial charge on any atom is -0.310 e. The molecule has 0 unspecified atom stereocenters. The maximum Gasteiger partial charge on any atom is 0.146 e. The van der Waals surface area contributed by atoms with Crippen LogP contribution in [0.25, 0.3) is 0 Å². The standard InChI is InChI=1S/C18H21NO/c20-18(12-11-16-7-3-1-4-8-16)15-19-14-13-17-9-5-2-6-10-17/h1-10,19H,11-15H2. The molecule has 20 heavy (non-hydrogen) atoms. The average Bonchev–Trinajstić information content (AvgIpc) is 2.52. The number of Topliss-reactive ketones (excluding diaryl/α,β-unsaturated/α-hetero) is 1. The SMILES string of the molecule is O=C(CCc1ccccc1)CNCCc1ccccc1. The molecule has 0 saturated carbocycles. The molecule has 0 radical (unpaired) electrons. The molecule has 0 atom stereocenters. The summed E-state index contributed by atoms with van der Waals surface area (Å²) in [6, 6.07) is 20.5. The zero-order valence-electron chi connectivity index (χ0n) is 11.7. The topological polar surface area (TPSA) is 29.1 Å². The van der Waals surface area contributed by atoms with Crippen molar-refractivity contribution in [1.29, 1.82) is 0 Å². The van der Waals surface area contributed by atoms with Crippen molar-refractivity contribution in [2.24, 2.45) is 0 Å². The van der Waals surface area contributed by atoms with Gasteiger partial charge in [-0.15, -0.1) is 0 Å². The van der Waals surface area contributed by atoms with Crippen LogP contribution in [0, 0.1) is 0 Å². The van der Waals surface area contributed by atoms with Gasteiger partial charge < -0.3 is 5.32 Å². The molecule has 2 aromatic rings. The Morgan fingerprint density at radius 1 is 0.800 bits per heavy atom. The lowest BCUT2D eigenvalue weighted by atomic mass is 10.1. The first-order chi connectivity index (χ1) is 9.84. The van der Waals surface area contributed by atoms with E-state index in [-0.39, 0.29) is 5.78 Å². The highest BCUT2D eigenvalue weighted by Crippen LogP contribution is 2.02. The second-order valence-corrected chi connectivity index (χ2v) is 4.94. The van der Waals surface area contributed by atoms with Crippen LogP contribution in [0.4, 0.5) is 0 Å². The molecule has 0 amide bonds. The van der Waals surface area contributed by atoms with Crippen LogP contribution in [-0.2, 0) is 17.6 Å². The molecule has 0 aliphatic carbocycles. The summed E-state index contributed by atoms with van der Waals surface area (Å²) in [7, 11) is 0. The molecule has 2 aromatic carbocycles. The highest BCUT2D eigenvalue weighted by Gasteiger charge is 2.02. The molecule has 2 rings (SSSR count). The van der Waals surface area contributed by atoms with Crippen LogP contribution in [-0.4, -0.2) is 18.9 Å². The first-order valence-corrected chi connectivity index (χ1v) is 7.15. The van der Waals surface area contributed by atoms with Gasteiger partial charge in [-0.2, -0.15) is 0 Å². The average molecular weight is 267 g/mol. The Morgan fingerprint density at radius 2 is 1.35 bits per heavy atom. The number of benzene rings is 2. The fourth-order valence-corrected chi connectivity index (χ4v) is 2.12. The Hall–Kier alpha value is -1.93. The molecule has 0 aromatic heterocycles. The Bertz CT molecular complexity index is 507.